The first-order valence-electron chi connectivity index (χ1n) is 6.63. The number of hydrogen-bond donors (Lipinski definition) is 1. The molecule has 2 rings (SSSR count). The van der Waals surface area contributed by atoms with Gasteiger partial charge in [-0.2, -0.15) is 0 Å². The van der Waals surface area contributed by atoms with E-state index in [1.165, 1.54) is 12.8 Å². The minimum atomic E-state index is 0.188. The Morgan fingerprint density at radius 1 is 1.26 bits per heavy atom. The summed E-state index contributed by atoms with van der Waals surface area (Å²) in [5.74, 6) is 0.188. The van der Waals surface area contributed by atoms with Crippen LogP contribution in [-0.4, -0.2) is 30.4 Å². The highest BCUT2D eigenvalue weighted by Crippen LogP contribution is 2.22. The zero-order valence-electron chi connectivity index (χ0n) is 10.8. The quantitative estimate of drug-likeness (QED) is 0.795. The molecule has 1 aromatic carbocycles. The summed E-state index contributed by atoms with van der Waals surface area (Å²) in [7, 11) is 0. The summed E-state index contributed by atoms with van der Waals surface area (Å²) >= 11 is 8.13. The topological polar surface area (TPSA) is 32.3 Å². The Hall–Kier alpha value is -0.490. The molecule has 0 radical (unpaired) electrons. The van der Waals surface area contributed by atoms with Crippen LogP contribution in [0.15, 0.2) is 18.2 Å². The number of benzene rings is 1. The standard InChI is InChI=1S/C14H18ClIN2O/c15-11-5-6-13(12(16)9-11)17-10-14(19)18-7-3-1-2-4-8-18/h5-6,9,17H,1-4,7-8,10H2. The number of likely N-dealkylation sites (tertiary alicyclic amines) is 1. The van der Waals surface area contributed by atoms with Gasteiger partial charge in [0.25, 0.3) is 0 Å². The maximum Gasteiger partial charge on any atom is 0.241 e. The smallest absolute Gasteiger partial charge is 0.241 e. The molecule has 0 unspecified atom stereocenters. The molecule has 1 aliphatic heterocycles. The van der Waals surface area contributed by atoms with Gasteiger partial charge in [-0.3, -0.25) is 4.79 Å². The van der Waals surface area contributed by atoms with Crippen LogP contribution in [0, 0.1) is 3.57 Å². The molecule has 0 atom stereocenters. The van der Waals surface area contributed by atoms with E-state index in [1.54, 1.807) is 0 Å². The second-order valence-electron chi connectivity index (χ2n) is 4.77. The number of nitrogens with one attached hydrogen (secondary N) is 1. The van der Waals surface area contributed by atoms with E-state index < -0.39 is 0 Å². The van der Waals surface area contributed by atoms with Gasteiger partial charge in [0.2, 0.25) is 5.91 Å². The minimum absolute atomic E-state index is 0.188. The van der Waals surface area contributed by atoms with Gasteiger partial charge in [0.15, 0.2) is 0 Å². The molecule has 1 saturated heterocycles. The van der Waals surface area contributed by atoms with Crippen LogP contribution in [0.5, 0.6) is 0 Å². The molecule has 0 aromatic heterocycles. The lowest BCUT2D eigenvalue weighted by atomic mass is 10.2. The van der Waals surface area contributed by atoms with Gasteiger partial charge < -0.3 is 10.2 Å². The SMILES string of the molecule is O=C(CNc1ccc(Cl)cc1I)N1CCCCCC1. The van der Waals surface area contributed by atoms with E-state index >= 15 is 0 Å². The van der Waals surface area contributed by atoms with Gasteiger partial charge in [-0.15, -0.1) is 0 Å². The predicted molar refractivity (Wildman–Crippen MR) is 87.7 cm³/mol. The number of hydrogen-bond acceptors (Lipinski definition) is 2. The largest absolute Gasteiger partial charge is 0.375 e. The zero-order chi connectivity index (χ0) is 13.7. The average molecular weight is 393 g/mol. The molecule has 3 nitrogen and oxygen atoms in total. The molecule has 1 aliphatic rings. The van der Waals surface area contributed by atoms with Crippen LogP contribution in [0.4, 0.5) is 5.69 Å². The Balaban J connectivity index is 1.88. The fraction of sp³-hybridized carbons (Fsp3) is 0.500. The highest BCUT2D eigenvalue weighted by Gasteiger charge is 2.15. The second kappa shape index (κ2) is 7.33. The van der Waals surface area contributed by atoms with Gasteiger partial charge in [0.1, 0.15) is 0 Å². The summed E-state index contributed by atoms with van der Waals surface area (Å²) in [6.45, 7) is 2.16. The lowest BCUT2D eigenvalue weighted by Gasteiger charge is -2.21. The van der Waals surface area contributed by atoms with E-state index in [0.717, 1.165) is 35.2 Å². The van der Waals surface area contributed by atoms with Crippen LogP contribution in [0.25, 0.3) is 0 Å². The first-order valence-corrected chi connectivity index (χ1v) is 8.09. The van der Waals surface area contributed by atoms with Crippen molar-refractivity contribution in [3.63, 3.8) is 0 Å². The van der Waals surface area contributed by atoms with Crippen LogP contribution in [0.1, 0.15) is 25.7 Å². The average Bonchev–Trinajstić information content (AvgIpc) is 2.66. The first kappa shape index (κ1) is 14.9. The molecular weight excluding hydrogens is 375 g/mol. The third kappa shape index (κ3) is 4.53. The Morgan fingerprint density at radius 2 is 1.95 bits per heavy atom. The molecule has 0 bridgehead atoms. The van der Waals surface area contributed by atoms with Crippen molar-refractivity contribution in [2.24, 2.45) is 0 Å². The van der Waals surface area contributed by atoms with E-state index in [2.05, 4.69) is 27.9 Å². The maximum atomic E-state index is 12.1. The number of anilines is 1. The zero-order valence-corrected chi connectivity index (χ0v) is 13.7. The lowest BCUT2D eigenvalue weighted by molar-refractivity contribution is -0.129. The molecule has 1 heterocycles. The van der Waals surface area contributed by atoms with Crippen molar-refractivity contribution in [3.05, 3.63) is 26.8 Å². The third-order valence-corrected chi connectivity index (χ3v) is 4.45. The summed E-state index contributed by atoms with van der Waals surface area (Å²) < 4.78 is 1.04. The fourth-order valence-electron chi connectivity index (χ4n) is 2.24. The molecule has 5 heteroatoms. The summed E-state index contributed by atoms with van der Waals surface area (Å²) in [5, 5.41) is 3.92. The number of carbonyl (C=O) groups excluding carboxylic acids is 1. The number of rotatable bonds is 3. The van der Waals surface area contributed by atoms with Gasteiger partial charge in [-0.25, -0.2) is 0 Å². The van der Waals surface area contributed by atoms with E-state index in [-0.39, 0.29) is 5.91 Å². The number of carbonyl (C=O) groups is 1. The van der Waals surface area contributed by atoms with Crippen molar-refractivity contribution in [1.29, 1.82) is 0 Å². The maximum absolute atomic E-state index is 12.1. The molecule has 19 heavy (non-hydrogen) atoms. The van der Waals surface area contributed by atoms with Crippen molar-refractivity contribution >= 4 is 45.8 Å². The molecule has 1 fully saturated rings. The van der Waals surface area contributed by atoms with Crippen molar-refractivity contribution in [2.45, 2.75) is 25.7 Å². The molecular formula is C14H18ClIN2O. The lowest BCUT2D eigenvalue weighted by Crippen LogP contribution is -2.36. The molecule has 0 spiro atoms. The van der Waals surface area contributed by atoms with E-state index in [4.69, 9.17) is 11.6 Å². The van der Waals surface area contributed by atoms with E-state index in [0.29, 0.717) is 11.6 Å². The van der Waals surface area contributed by atoms with Crippen LogP contribution < -0.4 is 5.32 Å². The third-order valence-electron chi connectivity index (χ3n) is 3.32. The van der Waals surface area contributed by atoms with Crippen molar-refractivity contribution in [2.75, 3.05) is 25.0 Å². The normalized spacial score (nSPS) is 16.0. The fourth-order valence-corrected chi connectivity index (χ4v) is 3.30. The number of nitrogens with zero attached hydrogens (tertiary/aromatic N) is 1. The number of halogens is 2. The van der Waals surface area contributed by atoms with Gasteiger partial charge in [-0.1, -0.05) is 24.4 Å². The second-order valence-corrected chi connectivity index (χ2v) is 6.37. The molecule has 0 saturated carbocycles. The summed E-state index contributed by atoms with van der Waals surface area (Å²) in [5.41, 5.74) is 0.966. The van der Waals surface area contributed by atoms with Gasteiger partial charge in [0.05, 0.1) is 6.54 Å². The van der Waals surface area contributed by atoms with E-state index in [9.17, 15) is 4.79 Å². The van der Waals surface area contributed by atoms with Crippen molar-refractivity contribution in [1.82, 2.24) is 4.90 Å². The molecule has 0 aliphatic carbocycles. The Kier molecular flexibility index (Phi) is 5.76. The molecule has 104 valence electrons. The van der Waals surface area contributed by atoms with Crippen LogP contribution >= 0.6 is 34.2 Å². The van der Waals surface area contributed by atoms with E-state index in [1.807, 2.05) is 23.1 Å². The van der Waals surface area contributed by atoms with Crippen molar-refractivity contribution in [3.8, 4) is 0 Å². The summed E-state index contributed by atoms with van der Waals surface area (Å²) in [4.78, 5) is 14.1. The van der Waals surface area contributed by atoms with Crippen LogP contribution in [0.3, 0.4) is 0 Å². The Labute approximate surface area is 132 Å². The van der Waals surface area contributed by atoms with Crippen LogP contribution in [-0.2, 0) is 4.79 Å². The number of amides is 1. The van der Waals surface area contributed by atoms with Gasteiger partial charge in [-0.05, 0) is 53.6 Å². The summed E-state index contributed by atoms with van der Waals surface area (Å²) in [6, 6.07) is 5.64. The first-order chi connectivity index (χ1) is 9.16. The molecule has 1 N–H and O–H groups in total. The molecule has 1 aromatic rings. The van der Waals surface area contributed by atoms with Gasteiger partial charge in [0, 0.05) is 27.4 Å². The van der Waals surface area contributed by atoms with Gasteiger partial charge >= 0.3 is 0 Å². The Bertz CT molecular complexity index is 445. The molecule has 1 amide bonds. The highest BCUT2D eigenvalue weighted by molar-refractivity contribution is 14.1. The van der Waals surface area contributed by atoms with Crippen LogP contribution in [0.2, 0.25) is 5.02 Å². The monoisotopic (exact) mass is 392 g/mol. The Morgan fingerprint density at radius 3 is 2.58 bits per heavy atom. The minimum Gasteiger partial charge on any atom is -0.375 e. The van der Waals surface area contributed by atoms with Crippen molar-refractivity contribution < 1.29 is 4.79 Å². The predicted octanol–water partition coefficient (Wildman–Crippen LogP) is 3.76. The highest BCUT2D eigenvalue weighted by atomic mass is 127. The summed E-state index contributed by atoms with van der Waals surface area (Å²) in [6.07, 6.45) is 4.74.